The van der Waals surface area contributed by atoms with Crippen LogP contribution in [-0.2, 0) is 0 Å². The predicted octanol–water partition coefficient (Wildman–Crippen LogP) is 3.90. The normalized spacial score (nSPS) is 10.5. The highest BCUT2D eigenvalue weighted by atomic mass is 14.6. The molecule has 0 spiro atoms. The first-order valence-corrected chi connectivity index (χ1v) is 5.34. The Hall–Kier alpha value is -2.15. The Kier molecular flexibility index (Phi) is 2.15. The molecule has 1 nitrogen and oxygen atoms in total. The molecule has 0 amide bonds. The zero-order valence-corrected chi connectivity index (χ0v) is 8.80. The molecule has 2 aromatic carbocycles. The summed E-state index contributed by atoms with van der Waals surface area (Å²) in [6.45, 7) is 0. The van der Waals surface area contributed by atoms with Crippen LogP contribution in [-0.4, -0.2) is 4.98 Å². The number of fused-ring (bicyclic) bond motifs is 1. The highest BCUT2D eigenvalue weighted by Gasteiger charge is 2.02. The standard InChI is InChI=1S/C15H11N/c1-2-6-12(7-3-1)13-8-4-10-15-14(13)9-5-11-16-15/h1-11H. The summed E-state index contributed by atoms with van der Waals surface area (Å²) in [6, 6.07) is 20.7. The second kappa shape index (κ2) is 3.78. The van der Waals surface area contributed by atoms with E-state index in [0.717, 1.165) is 5.52 Å². The second-order valence-corrected chi connectivity index (χ2v) is 3.74. The van der Waals surface area contributed by atoms with Crippen LogP contribution in [0.25, 0.3) is 22.0 Å². The average Bonchev–Trinajstić information content (AvgIpc) is 2.39. The van der Waals surface area contributed by atoms with Gasteiger partial charge in [-0.1, -0.05) is 48.5 Å². The summed E-state index contributed by atoms with van der Waals surface area (Å²) in [4.78, 5) is 4.37. The summed E-state index contributed by atoms with van der Waals surface area (Å²) < 4.78 is 0. The Balaban J connectivity index is 2.32. The van der Waals surface area contributed by atoms with Gasteiger partial charge in [-0.25, -0.2) is 0 Å². The molecule has 0 bridgehead atoms. The van der Waals surface area contributed by atoms with E-state index in [2.05, 4.69) is 47.4 Å². The van der Waals surface area contributed by atoms with Crippen LogP contribution in [0.2, 0.25) is 0 Å². The topological polar surface area (TPSA) is 12.9 Å². The average molecular weight is 205 g/mol. The van der Waals surface area contributed by atoms with Gasteiger partial charge in [0.1, 0.15) is 0 Å². The second-order valence-electron chi connectivity index (χ2n) is 3.74. The Labute approximate surface area is 94.4 Å². The molecule has 0 saturated heterocycles. The molecular formula is C15H11N. The summed E-state index contributed by atoms with van der Waals surface area (Å²) in [5.41, 5.74) is 3.52. The maximum absolute atomic E-state index is 4.37. The minimum atomic E-state index is 1.05. The third-order valence-electron chi connectivity index (χ3n) is 2.73. The maximum Gasteiger partial charge on any atom is 0.0708 e. The number of nitrogens with zero attached hydrogens (tertiary/aromatic N) is 1. The van der Waals surface area contributed by atoms with Gasteiger partial charge in [-0.15, -0.1) is 0 Å². The Morgan fingerprint density at radius 3 is 2.44 bits per heavy atom. The van der Waals surface area contributed by atoms with Crippen molar-refractivity contribution in [1.82, 2.24) is 4.98 Å². The molecule has 1 aromatic heterocycles. The number of hydrogen-bond donors (Lipinski definition) is 0. The van der Waals surface area contributed by atoms with E-state index in [1.54, 1.807) is 0 Å². The van der Waals surface area contributed by atoms with E-state index < -0.39 is 0 Å². The lowest BCUT2D eigenvalue weighted by Gasteiger charge is -2.05. The highest BCUT2D eigenvalue weighted by Crippen LogP contribution is 2.26. The maximum atomic E-state index is 4.37. The molecule has 76 valence electrons. The van der Waals surface area contributed by atoms with Crippen molar-refractivity contribution in [3.05, 3.63) is 66.9 Å². The van der Waals surface area contributed by atoms with Gasteiger partial charge in [-0.2, -0.15) is 0 Å². The van der Waals surface area contributed by atoms with Crippen LogP contribution in [0, 0.1) is 0 Å². The van der Waals surface area contributed by atoms with E-state index in [1.807, 2.05) is 24.4 Å². The molecule has 0 atom stereocenters. The SMILES string of the molecule is c1ccc(-c2cccc3ncccc23)cc1. The van der Waals surface area contributed by atoms with Gasteiger partial charge in [-0.05, 0) is 23.3 Å². The van der Waals surface area contributed by atoms with Gasteiger partial charge in [0.2, 0.25) is 0 Å². The lowest BCUT2D eigenvalue weighted by Crippen LogP contribution is -1.82. The monoisotopic (exact) mass is 205 g/mol. The van der Waals surface area contributed by atoms with Crippen LogP contribution < -0.4 is 0 Å². The zero-order valence-electron chi connectivity index (χ0n) is 8.80. The summed E-state index contributed by atoms with van der Waals surface area (Å²) in [5, 5.41) is 1.20. The number of hydrogen-bond acceptors (Lipinski definition) is 1. The molecule has 0 unspecified atom stereocenters. The molecular weight excluding hydrogens is 194 g/mol. The van der Waals surface area contributed by atoms with Crippen molar-refractivity contribution in [1.29, 1.82) is 0 Å². The van der Waals surface area contributed by atoms with E-state index in [-0.39, 0.29) is 0 Å². The van der Waals surface area contributed by atoms with Crippen LogP contribution in [0.1, 0.15) is 0 Å². The van der Waals surface area contributed by atoms with Crippen LogP contribution >= 0.6 is 0 Å². The Morgan fingerprint density at radius 1 is 0.688 bits per heavy atom. The lowest BCUT2D eigenvalue weighted by atomic mass is 10.0. The van der Waals surface area contributed by atoms with Crippen molar-refractivity contribution in [3.8, 4) is 11.1 Å². The number of pyridine rings is 1. The van der Waals surface area contributed by atoms with Crippen LogP contribution in [0.15, 0.2) is 66.9 Å². The van der Waals surface area contributed by atoms with E-state index >= 15 is 0 Å². The molecule has 0 fully saturated rings. The van der Waals surface area contributed by atoms with Crippen molar-refractivity contribution in [2.75, 3.05) is 0 Å². The Morgan fingerprint density at radius 2 is 1.56 bits per heavy atom. The van der Waals surface area contributed by atoms with Crippen molar-refractivity contribution >= 4 is 10.9 Å². The van der Waals surface area contributed by atoms with Crippen molar-refractivity contribution in [2.45, 2.75) is 0 Å². The quantitative estimate of drug-likeness (QED) is 0.587. The summed E-state index contributed by atoms with van der Waals surface area (Å²) in [6.07, 6.45) is 1.83. The van der Waals surface area contributed by atoms with E-state index in [4.69, 9.17) is 0 Å². The predicted molar refractivity (Wildman–Crippen MR) is 67.2 cm³/mol. The van der Waals surface area contributed by atoms with Crippen molar-refractivity contribution in [2.24, 2.45) is 0 Å². The highest BCUT2D eigenvalue weighted by molar-refractivity contribution is 5.94. The molecule has 0 aliphatic heterocycles. The number of aromatic nitrogens is 1. The fourth-order valence-electron chi connectivity index (χ4n) is 1.97. The summed E-state index contributed by atoms with van der Waals surface area (Å²) >= 11 is 0. The lowest BCUT2D eigenvalue weighted by molar-refractivity contribution is 1.41. The first-order valence-electron chi connectivity index (χ1n) is 5.34. The van der Waals surface area contributed by atoms with Crippen LogP contribution in [0.5, 0.6) is 0 Å². The molecule has 16 heavy (non-hydrogen) atoms. The largest absolute Gasteiger partial charge is 0.256 e. The fraction of sp³-hybridized carbons (Fsp3) is 0. The van der Waals surface area contributed by atoms with Gasteiger partial charge < -0.3 is 0 Å². The van der Waals surface area contributed by atoms with E-state index in [0.29, 0.717) is 0 Å². The molecule has 1 heterocycles. The fourth-order valence-corrected chi connectivity index (χ4v) is 1.97. The third kappa shape index (κ3) is 1.47. The first kappa shape index (κ1) is 9.10. The molecule has 0 aliphatic rings. The molecule has 0 saturated carbocycles. The van der Waals surface area contributed by atoms with E-state index in [1.165, 1.54) is 16.5 Å². The van der Waals surface area contributed by atoms with Crippen molar-refractivity contribution in [3.63, 3.8) is 0 Å². The number of benzene rings is 2. The molecule has 1 heteroatoms. The Bertz CT molecular complexity index is 609. The van der Waals surface area contributed by atoms with Crippen molar-refractivity contribution < 1.29 is 0 Å². The molecule has 3 rings (SSSR count). The van der Waals surface area contributed by atoms with Gasteiger partial charge in [0, 0.05) is 11.6 Å². The molecule has 0 N–H and O–H groups in total. The summed E-state index contributed by atoms with van der Waals surface area (Å²) in [7, 11) is 0. The van der Waals surface area contributed by atoms with Gasteiger partial charge >= 0.3 is 0 Å². The van der Waals surface area contributed by atoms with Crippen LogP contribution in [0.4, 0.5) is 0 Å². The van der Waals surface area contributed by atoms with E-state index in [9.17, 15) is 0 Å². The molecule has 3 aromatic rings. The zero-order chi connectivity index (χ0) is 10.8. The van der Waals surface area contributed by atoms with Gasteiger partial charge in [0.15, 0.2) is 0 Å². The minimum Gasteiger partial charge on any atom is -0.256 e. The van der Waals surface area contributed by atoms with Gasteiger partial charge in [0.25, 0.3) is 0 Å². The van der Waals surface area contributed by atoms with Gasteiger partial charge in [0.05, 0.1) is 5.52 Å². The molecule has 0 radical (unpaired) electrons. The van der Waals surface area contributed by atoms with Crippen LogP contribution in [0.3, 0.4) is 0 Å². The minimum absolute atomic E-state index is 1.05. The smallest absolute Gasteiger partial charge is 0.0708 e. The summed E-state index contributed by atoms with van der Waals surface area (Å²) in [5.74, 6) is 0. The first-order chi connectivity index (χ1) is 7.95. The number of rotatable bonds is 1. The van der Waals surface area contributed by atoms with Gasteiger partial charge in [-0.3, -0.25) is 4.98 Å². The molecule has 0 aliphatic carbocycles. The third-order valence-corrected chi connectivity index (χ3v) is 2.73.